The van der Waals surface area contributed by atoms with E-state index in [-0.39, 0.29) is 34.7 Å². The van der Waals surface area contributed by atoms with E-state index in [0.29, 0.717) is 6.42 Å². The fourth-order valence-corrected chi connectivity index (χ4v) is 2.08. The van der Waals surface area contributed by atoms with E-state index in [1.165, 1.54) is 18.2 Å². The van der Waals surface area contributed by atoms with Crippen LogP contribution in [0.4, 0.5) is 5.69 Å². The average Bonchev–Trinajstić information content (AvgIpc) is 2.30. The van der Waals surface area contributed by atoms with E-state index < -0.39 is 9.84 Å². The number of carbonyl (C=O) groups excluding carboxylic acids is 1. The van der Waals surface area contributed by atoms with Crippen molar-refractivity contribution in [2.45, 2.75) is 30.7 Å². The minimum Gasteiger partial charge on any atom is -0.506 e. The maximum absolute atomic E-state index is 11.6. The van der Waals surface area contributed by atoms with Crippen LogP contribution in [0.3, 0.4) is 0 Å². The Bertz CT molecular complexity index is 569. The molecule has 19 heavy (non-hydrogen) atoms. The Labute approximate surface area is 112 Å². The number of amides is 1. The van der Waals surface area contributed by atoms with Crippen molar-refractivity contribution in [2.24, 2.45) is 5.73 Å². The molecule has 0 bridgehead atoms. The molecule has 1 aromatic rings. The number of hydrogen-bond acceptors (Lipinski definition) is 5. The lowest BCUT2D eigenvalue weighted by atomic mass is 10.1. The van der Waals surface area contributed by atoms with Gasteiger partial charge in [0.15, 0.2) is 9.84 Å². The van der Waals surface area contributed by atoms with Gasteiger partial charge in [0.2, 0.25) is 5.91 Å². The highest BCUT2D eigenvalue weighted by molar-refractivity contribution is 7.90. The van der Waals surface area contributed by atoms with Gasteiger partial charge < -0.3 is 16.2 Å². The molecule has 4 N–H and O–H groups in total. The first kappa shape index (κ1) is 15.5. The lowest BCUT2D eigenvalue weighted by molar-refractivity contribution is -0.116. The summed E-state index contributed by atoms with van der Waals surface area (Å²) in [5.41, 5.74) is 5.71. The van der Waals surface area contributed by atoms with Gasteiger partial charge in [0, 0.05) is 18.7 Å². The van der Waals surface area contributed by atoms with Crippen LogP contribution < -0.4 is 11.1 Å². The number of sulfone groups is 1. The molecule has 1 rings (SSSR count). The van der Waals surface area contributed by atoms with E-state index in [1.807, 2.05) is 6.92 Å². The van der Waals surface area contributed by atoms with Crippen molar-refractivity contribution in [2.75, 3.05) is 11.6 Å². The maximum atomic E-state index is 11.6. The molecule has 0 heterocycles. The molecule has 0 aliphatic heterocycles. The molecule has 0 aliphatic carbocycles. The van der Waals surface area contributed by atoms with Gasteiger partial charge in [-0.2, -0.15) is 0 Å². The van der Waals surface area contributed by atoms with Crippen LogP contribution >= 0.6 is 0 Å². The summed E-state index contributed by atoms with van der Waals surface area (Å²) in [6.45, 7) is 1.86. The van der Waals surface area contributed by atoms with E-state index >= 15 is 0 Å². The fraction of sp³-hybridized carbons (Fsp3) is 0.417. The lowest BCUT2D eigenvalue weighted by Crippen LogP contribution is -2.26. The summed E-state index contributed by atoms with van der Waals surface area (Å²) < 4.78 is 22.8. The summed E-state index contributed by atoms with van der Waals surface area (Å²) in [6.07, 6.45) is 1.82. The predicted molar refractivity (Wildman–Crippen MR) is 72.7 cm³/mol. The SMILES string of the molecule is CCC(N)CC(=O)Nc1cc(S(C)(=O)=O)ccc1O. The number of hydrogen-bond donors (Lipinski definition) is 3. The van der Waals surface area contributed by atoms with Crippen LogP contribution in [-0.4, -0.2) is 31.7 Å². The van der Waals surface area contributed by atoms with Crippen molar-refractivity contribution >= 4 is 21.4 Å². The van der Waals surface area contributed by atoms with Crippen LogP contribution in [0.15, 0.2) is 23.1 Å². The van der Waals surface area contributed by atoms with Gasteiger partial charge in [0.25, 0.3) is 0 Å². The van der Waals surface area contributed by atoms with E-state index in [0.717, 1.165) is 6.26 Å². The zero-order valence-electron chi connectivity index (χ0n) is 10.9. The Hall–Kier alpha value is -1.60. The summed E-state index contributed by atoms with van der Waals surface area (Å²) in [4.78, 5) is 11.7. The fourth-order valence-electron chi connectivity index (χ4n) is 1.43. The number of phenolic OH excluding ortho intramolecular Hbond substituents is 1. The van der Waals surface area contributed by atoms with Crippen molar-refractivity contribution in [3.05, 3.63) is 18.2 Å². The Morgan fingerprint density at radius 2 is 2.11 bits per heavy atom. The monoisotopic (exact) mass is 286 g/mol. The molecular weight excluding hydrogens is 268 g/mol. The van der Waals surface area contributed by atoms with Crippen LogP contribution in [-0.2, 0) is 14.6 Å². The molecule has 1 amide bonds. The molecule has 1 atom stereocenters. The summed E-state index contributed by atoms with van der Waals surface area (Å²) in [6, 6.07) is 3.46. The number of nitrogens with two attached hydrogens (primary N) is 1. The normalized spacial score (nSPS) is 13.0. The first-order valence-electron chi connectivity index (χ1n) is 5.82. The molecule has 1 aromatic carbocycles. The molecule has 6 nitrogen and oxygen atoms in total. The highest BCUT2D eigenvalue weighted by Crippen LogP contribution is 2.26. The molecule has 0 radical (unpaired) electrons. The standard InChI is InChI=1S/C12H18N2O4S/c1-3-8(13)6-12(16)14-10-7-9(19(2,17)18)4-5-11(10)15/h4-5,7-8,15H,3,6,13H2,1-2H3,(H,14,16). The second-order valence-electron chi connectivity index (χ2n) is 4.37. The Balaban J connectivity index is 2.92. The molecular formula is C12H18N2O4S. The second kappa shape index (κ2) is 6.03. The van der Waals surface area contributed by atoms with Gasteiger partial charge in [-0.15, -0.1) is 0 Å². The molecule has 7 heteroatoms. The Morgan fingerprint density at radius 1 is 1.47 bits per heavy atom. The van der Waals surface area contributed by atoms with Crippen molar-refractivity contribution < 1.29 is 18.3 Å². The molecule has 0 fully saturated rings. The van der Waals surface area contributed by atoms with Gasteiger partial charge >= 0.3 is 0 Å². The minimum absolute atomic E-state index is 0.0281. The number of phenols is 1. The zero-order valence-corrected chi connectivity index (χ0v) is 11.7. The molecule has 0 spiro atoms. The van der Waals surface area contributed by atoms with Crippen molar-refractivity contribution in [3.63, 3.8) is 0 Å². The topological polar surface area (TPSA) is 109 Å². The second-order valence-corrected chi connectivity index (χ2v) is 6.39. The molecule has 0 aromatic heterocycles. The number of benzene rings is 1. The molecule has 1 unspecified atom stereocenters. The molecule has 0 saturated carbocycles. The largest absolute Gasteiger partial charge is 0.506 e. The highest BCUT2D eigenvalue weighted by atomic mass is 32.2. The van der Waals surface area contributed by atoms with Crippen LogP contribution in [0.5, 0.6) is 5.75 Å². The summed E-state index contributed by atoms with van der Waals surface area (Å²) in [5, 5.41) is 12.1. The first-order valence-corrected chi connectivity index (χ1v) is 7.71. The summed E-state index contributed by atoms with van der Waals surface area (Å²) >= 11 is 0. The number of nitrogens with one attached hydrogen (secondary N) is 1. The number of anilines is 1. The minimum atomic E-state index is -3.39. The lowest BCUT2D eigenvalue weighted by Gasteiger charge is -2.11. The quantitative estimate of drug-likeness (QED) is 0.695. The predicted octanol–water partition coefficient (Wildman–Crippen LogP) is 0.862. The third kappa shape index (κ3) is 4.53. The summed E-state index contributed by atoms with van der Waals surface area (Å²) in [7, 11) is -3.39. The average molecular weight is 286 g/mol. The van der Waals surface area contributed by atoms with Gasteiger partial charge in [-0.05, 0) is 24.6 Å². The van der Waals surface area contributed by atoms with Gasteiger partial charge in [-0.3, -0.25) is 4.79 Å². The van der Waals surface area contributed by atoms with E-state index in [4.69, 9.17) is 5.73 Å². The van der Waals surface area contributed by atoms with E-state index in [2.05, 4.69) is 5.32 Å². The smallest absolute Gasteiger partial charge is 0.226 e. The third-order valence-corrected chi connectivity index (χ3v) is 3.75. The number of aromatic hydroxyl groups is 1. The Kier molecular flexibility index (Phi) is 4.90. The first-order chi connectivity index (χ1) is 8.74. The van der Waals surface area contributed by atoms with Crippen LogP contribution in [0.1, 0.15) is 19.8 Å². The molecule has 0 saturated heterocycles. The summed E-state index contributed by atoms with van der Waals surface area (Å²) in [5.74, 6) is -0.555. The maximum Gasteiger partial charge on any atom is 0.226 e. The number of carbonyl (C=O) groups is 1. The molecule has 0 aliphatic rings. The highest BCUT2D eigenvalue weighted by Gasteiger charge is 2.14. The van der Waals surface area contributed by atoms with Gasteiger partial charge in [0.1, 0.15) is 5.75 Å². The third-order valence-electron chi connectivity index (χ3n) is 2.64. The van der Waals surface area contributed by atoms with Gasteiger partial charge in [0.05, 0.1) is 10.6 Å². The van der Waals surface area contributed by atoms with Crippen LogP contribution in [0.2, 0.25) is 0 Å². The van der Waals surface area contributed by atoms with Crippen molar-refractivity contribution in [1.82, 2.24) is 0 Å². The van der Waals surface area contributed by atoms with Crippen LogP contribution in [0, 0.1) is 0 Å². The Morgan fingerprint density at radius 3 is 2.63 bits per heavy atom. The van der Waals surface area contributed by atoms with Crippen LogP contribution in [0.25, 0.3) is 0 Å². The van der Waals surface area contributed by atoms with Gasteiger partial charge in [-0.1, -0.05) is 6.92 Å². The van der Waals surface area contributed by atoms with Gasteiger partial charge in [-0.25, -0.2) is 8.42 Å². The number of rotatable bonds is 5. The van der Waals surface area contributed by atoms with Crippen molar-refractivity contribution in [1.29, 1.82) is 0 Å². The van der Waals surface area contributed by atoms with Crippen molar-refractivity contribution in [3.8, 4) is 5.75 Å². The van der Waals surface area contributed by atoms with E-state index in [9.17, 15) is 18.3 Å². The van der Waals surface area contributed by atoms with E-state index in [1.54, 1.807) is 0 Å². The zero-order chi connectivity index (χ0) is 14.6. The molecule has 106 valence electrons.